The lowest BCUT2D eigenvalue weighted by Gasteiger charge is -2.20. The van der Waals surface area contributed by atoms with Gasteiger partial charge in [0.2, 0.25) is 10.0 Å². The molecule has 1 atom stereocenters. The Morgan fingerprint density at radius 3 is 2.35 bits per heavy atom. The Morgan fingerprint density at radius 1 is 1.08 bits per heavy atom. The Bertz CT molecular complexity index is 693. The van der Waals surface area contributed by atoms with E-state index in [1.165, 1.54) is 6.07 Å². The highest BCUT2D eigenvalue weighted by Crippen LogP contribution is 2.21. The topological polar surface area (TPSA) is 66.5 Å². The van der Waals surface area contributed by atoms with Gasteiger partial charge in [-0.05, 0) is 56.7 Å². The van der Waals surface area contributed by atoms with E-state index in [9.17, 15) is 13.2 Å². The van der Waals surface area contributed by atoms with Crippen LogP contribution in [0.4, 0.5) is 0 Å². The highest BCUT2D eigenvalue weighted by Gasteiger charge is 2.25. The molecule has 5 nitrogen and oxygen atoms in total. The van der Waals surface area contributed by atoms with Crippen LogP contribution in [0.15, 0.2) is 29.2 Å². The molecule has 1 unspecified atom stereocenters. The third kappa shape index (κ3) is 5.81. The van der Waals surface area contributed by atoms with E-state index in [4.69, 9.17) is 0 Å². The summed E-state index contributed by atoms with van der Waals surface area (Å²) in [4.78, 5) is 12.7. The second kappa shape index (κ2) is 9.51. The summed E-state index contributed by atoms with van der Waals surface area (Å²) in [5.41, 5.74) is 0.400. The Balaban J connectivity index is 2.10. The first-order valence-corrected chi connectivity index (χ1v) is 11.2. The van der Waals surface area contributed by atoms with Gasteiger partial charge in [-0.3, -0.25) is 4.79 Å². The predicted octanol–water partition coefficient (Wildman–Crippen LogP) is 3.81. The lowest BCUT2D eigenvalue weighted by Crippen LogP contribution is -2.34. The molecule has 1 saturated heterocycles. The van der Waals surface area contributed by atoms with Gasteiger partial charge in [-0.1, -0.05) is 32.8 Å². The molecule has 1 fully saturated rings. The Kier molecular flexibility index (Phi) is 7.65. The van der Waals surface area contributed by atoms with Gasteiger partial charge in [-0.15, -0.1) is 0 Å². The molecule has 1 aromatic carbocycles. The van der Waals surface area contributed by atoms with Crippen molar-refractivity contribution in [3.8, 4) is 0 Å². The zero-order valence-corrected chi connectivity index (χ0v) is 17.0. The van der Waals surface area contributed by atoms with E-state index >= 15 is 0 Å². The maximum absolute atomic E-state index is 12.9. The van der Waals surface area contributed by atoms with Crippen molar-refractivity contribution in [1.29, 1.82) is 0 Å². The molecular weight excluding hydrogens is 348 g/mol. The van der Waals surface area contributed by atoms with Crippen molar-refractivity contribution in [3.63, 3.8) is 0 Å². The minimum atomic E-state index is -3.54. The molecule has 0 radical (unpaired) electrons. The SMILES string of the molecule is CC(C)CCC(C)NC(=O)c1cccc(S(=O)(=O)N2CCCCCC2)c1. The van der Waals surface area contributed by atoms with Gasteiger partial charge in [0.25, 0.3) is 5.91 Å². The van der Waals surface area contributed by atoms with E-state index in [-0.39, 0.29) is 16.8 Å². The van der Waals surface area contributed by atoms with E-state index in [0.29, 0.717) is 24.6 Å². The van der Waals surface area contributed by atoms with Crippen LogP contribution in [0, 0.1) is 5.92 Å². The second-order valence-electron chi connectivity index (χ2n) is 7.69. The molecule has 1 aliphatic rings. The normalized spacial score (nSPS) is 17.7. The van der Waals surface area contributed by atoms with Gasteiger partial charge >= 0.3 is 0 Å². The number of nitrogens with zero attached hydrogens (tertiary/aromatic N) is 1. The van der Waals surface area contributed by atoms with Gasteiger partial charge in [0, 0.05) is 24.7 Å². The molecule has 1 aromatic rings. The summed E-state index contributed by atoms with van der Waals surface area (Å²) in [5.74, 6) is 0.380. The van der Waals surface area contributed by atoms with Crippen LogP contribution < -0.4 is 5.32 Å². The van der Waals surface area contributed by atoms with Crippen LogP contribution >= 0.6 is 0 Å². The molecule has 0 bridgehead atoms. The first-order valence-electron chi connectivity index (χ1n) is 9.72. The van der Waals surface area contributed by atoms with Gasteiger partial charge in [-0.25, -0.2) is 8.42 Å². The maximum atomic E-state index is 12.9. The van der Waals surface area contributed by atoms with E-state index in [1.54, 1.807) is 22.5 Å². The molecule has 0 saturated carbocycles. The first kappa shape index (κ1) is 20.9. The molecule has 0 aliphatic carbocycles. The molecular formula is C20H32N2O3S. The fourth-order valence-electron chi connectivity index (χ4n) is 3.19. The molecule has 26 heavy (non-hydrogen) atoms. The van der Waals surface area contributed by atoms with Crippen molar-refractivity contribution in [2.45, 2.75) is 70.2 Å². The highest BCUT2D eigenvalue weighted by atomic mass is 32.2. The summed E-state index contributed by atoms with van der Waals surface area (Å²) >= 11 is 0. The lowest BCUT2D eigenvalue weighted by atomic mass is 10.0. The summed E-state index contributed by atoms with van der Waals surface area (Å²) in [6.45, 7) is 7.42. The smallest absolute Gasteiger partial charge is 0.251 e. The fraction of sp³-hybridized carbons (Fsp3) is 0.650. The highest BCUT2D eigenvalue weighted by molar-refractivity contribution is 7.89. The molecule has 0 spiro atoms. The van der Waals surface area contributed by atoms with Crippen molar-refractivity contribution in [2.24, 2.45) is 5.92 Å². The number of carbonyl (C=O) groups is 1. The molecule has 1 heterocycles. The molecule has 6 heteroatoms. The minimum Gasteiger partial charge on any atom is -0.350 e. The average molecular weight is 381 g/mol. The van der Waals surface area contributed by atoms with Crippen molar-refractivity contribution in [1.82, 2.24) is 9.62 Å². The maximum Gasteiger partial charge on any atom is 0.251 e. The zero-order chi connectivity index (χ0) is 19.2. The Morgan fingerprint density at radius 2 is 1.73 bits per heavy atom. The number of hydrogen-bond acceptors (Lipinski definition) is 3. The largest absolute Gasteiger partial charge is 0.350 e. The summed E-state index contributed by atoms with van der Waals surface area (Å²) in [7, 11) is -3.54. The predicted molar refractivity (Wildman–Crippen MR) is 105 cm³/mol. The summed E-state index contributed by atoms with van der Waals surface area (Å²) in [6, 6.07) is 6.48. The van der Waals surface area contributed by atoms with E-state index in [1.807, 2.05) is 6.92 Å². The van der Waals surface area contributed by atoms with Crippen LogP contribution in [0.5, 0.6) is 0 Å². The van der Waals surface area contributed by atoms with Gasteiger partial charge in [-0.2, -0.15) is 4.31 Å². The number of amides is 1. The van der Waals surface area contributed by atoms with Crippen molar-refractivity contribution in [2.75, 3.05) is 13.1 Å². The van der Waals surface area contributed by atoms with E-state index < -0.39 is 10.0 Å². The molecule has 2 rings (SSSR count). The summed E-state index contributed by atoms with van der Waals surface area (Å²) < 4.78 is 27.4. The van der Waals surface area contributed by atoms with Crippen LogP contribution in [0.2, 0.25) is 0 Å². The third-order valence-electron chi connectivity index (χ3n) is 4.85. The van der Waals surface area contributed by atoms with Gasteiger partial charge in [0.1, 0.15) is 0 Å². The second-order valence-corrected chi connectivity index (χ2v) is 9.63. The Labute approximate surface area is 158 Å². The van der Waals surface area contributed by atoms with Crippen LogP contribution in [0.1, 0.15) is 69.7 Å². The monoisotopic (exact) mass is 380 g/mol. The molecule has 146 valence electrons. The zero-order valence-electron chi connectivity index (χ0n) is 16.2. The van der Waals surface area contributed by atoms with Crippen molar-refractivity contribution in [3.05, 3.63) is 29.8 Å². The molecule has 1 aliphatic heterocycles. The number of rotatable bonds is 7. The van der Waals surface area contributed by atoms with Gasteiger partial charge < -0.3 is 5.32 Å². The van der Waals surface area contributed by atoms with Gasteiger partial charge in [0.15, 0.2) is 0 Å². The molecule has 0 aromatic heterocycles. The number of carbonyl (C=O) groups excluding carboxylic acids is 1. The first-order chi connectivity index (χ1) is 12.3. The number of nitrogens with one attached hydrogen (secondary N) is 1. The van der Waals surface area contributed by atoms with Crippen LogP contribution in [0.25, 0.3) is 0 Å². The van der Waals surface area contributed by atoms with Crippen molar-refractivity contribution >= 4 is 15.9 Å². The summed E-state index contributed by atoms with van der Waals surface area (Å²) in [6.07, 6.45) is 5.89. The molecule has 1 amide bonds. The van der Waals surface area contributed by atoms with Crippen molar-refractivity contribution < 1.29 is 13.2 Å². The average Bonchev–Trinajstić information content (AvgIpc) is 2.90. The standard InChI is InChI=1S/C20H32N2O3S/c1-16(2)11-12-17(3)21-20(23)18-9-8-10-19(15-18)26(24,25)22-13-6-4-5-7-14-22/h8-10,15-17H,4-7,11-14H2,1-3H3,(H,21,23). The van der Waals surface area contributed by atoms with Gasteiger partial charge in [0.05, 0.1) is 4.90 Å². The van der Waals surface area contributed by atoms with Crippen LogP contribution in [-0.2, 0) is 10.0 Å². The van der Waals surface area contributed by atoms with Crippen LogP contribution in [-0.4, -0.2) is 37.8 Å². The van der Waals surface area contributed by atoms with E-state index in [0.717, 1.165) is 38.5 Å². The quantitative estimate of drug-likeness (QED) is 0.782. The van der Waals surface area contributed by atoms with Crippen LogP contribution in [0.3, 0.4) is 0 Å². The molecule has 1 N–H and O–H groups in total. The number of hydrogen-bond donors (Lipinski definition) is 1. The third-order valence-corrected chi connectivity index (χ3v) is 6.75. The van der Waals surface area contributed by atoms with E-state index in [2.05, 4.69) is 19.2 Å². The minimum absolute atomic E-state index is 0.0655. The lowest BCUT2D eigenvalue weighted by molar-refractivity contribution is 0.0937. The fourth-order valence-corrected chi connectivity index (χ4v) is 4.76. The summed E-state index contributed by atoms with van der Waals surface area (Å²) in [5, 5.41) is 2.97. The number of benzene rings is 1. The Hall–Kier alpha value is -1.40. The number of sulfonamides is 1.